The predicted octanol–water partition coefficient (Wildman–Crippen LogP) is 4.53. The van der Waals surface area contributed by atoms with E-state index in [-0.39, 0.29) is 0 Å². The van der Waals surface area contributed by atoms with Crippen molar-refractivity contribution in [1.29, 1.82) is 0 Å². The average molecular weight is 346 g/mol. The maximum Gasteiger partial charge on any atom is 0.159 e. The van der Waals surface area contributed by atoms with Crippen LogP contribution < -0.4 is 16.0 Å². The summed E-state index contributed by atoms with van der Waals surface area (Å²) in [6.45, 7) is 5.19. The lowest BCUT2D eigenvalue weighted by Crippen LogP contribution is -2.40. The van der Waals surface area contributed by atoms with Gasteiger partial charge >= 0.3 is 0 Å². The van der Waals surface area contributed by atoms with Crippen LogP contribution in [0, 0.1) is 6.92 Å². The largest absolute Gasteiger partial charge is 0.393 e. The lowest BCUT2D eigenvalue weighted by Gasteiger charge is -2.36. The SMILES string of the molecule is CCC1CCCCN1c1ncnc(Nc2cccc(Cl)c2C)c1N. The first kappa shape index (κ1) is 16.8. The summed E-state index contributed by atoms with van der Waals surface area (Å²) < 4.78 is 0. The molecule has 0 saturated carbocycles. The molecular formula is C18H24ClN5. The van der Waals surface area contributed by atoms with E-state index < -0.39 is 0 Å². The van der Waals surface area contributed by atoms with Gasteiger partial charge in [-0.1, -0.05) is 24.6 Å². The standard InChI is InChI=1S/C18H24ClN5/c1-3-13-7-4-5-10-24(13)18-16(20)17(21-11-22-18)23-15-9-6-8-14(19)12(15)2/h6,8-9,11,13H,3-5,7,10,20H2,1-2H3,(H,21,22,23). The first-order valence-electron chi connectivity index (χ1n) is 8.51. The topological polar surface area (TPSA) is 67.1 Å². The van der Waals surface area contributed by atoms with Crippen LogP contribution in [0.3, 0.4) is 0 Å². The van der Waals surface area contributed by atoms with E-state index in [1.165, 1.54) is 19.3 Å². The fourth-order valence-electron chi connectivity index (χ4n) is 3.29. The highest BCUT2D eigenvalue weighted by molar-refractivity contribution is 6.31. The summed E-state index contributed by atoms with van der Waals surface area (Å²) in [7, 11) is 0. The number of halogens is 1. The highest BCUT2D eigenvalue weighted by atomic mass is 35.5. The molecule has 2 aromatic rings. The third kappa shape index (κ3) is 3.26. The normalized spacial score (nSPS) is 17.8. The molecule has 3 N–H and O–H groups in total. The lowest BCUT2D eigenvalue weighted by atomic mass is 10.00. The molecular weight excluding hydrogens is 322 g/mol. The van der Waals surface area contributed by atoms with Gasteiger partial charge in [0, 0.05) is 23.3 Å². The minimum absolute atomic E-state index is 0.497. The third-order valence-corrected chi connectivity index (χ3v) is 5.16. The molecule has 5 nitrogen and oxygen atoms in total. The molecule has 0 spiro atoms. The Hall–Kier alpha value is -2.01. The smallest absolute Gasteiger partial charge is 0.159 e. The molecule has 24 heavy (non-hydrogen) atoms. The monoisotopic (exact) mass is 345 g/mol. The van der Waals surface area contributed by atoms with E-state index in [4.69, 9.17) is 17.3 Å². The first-order valence-corrected chi connectivity index (χ1v) is 8.88. The Labute approximate surface area is 148 Å². The number of benzene rings is 1. The van der Waals surface area contributed by atoms with Crippen molar-refractivity contribution >= 4 is 34.6 Å². The number of nitrogens with two attached hydrogens (primary N) is 1. The zero-order valence-electron chi connectivity index (χ0n) is 14.2. The molecule has 6 heteroatoms. The summed E-state index contributed by atoms with van der Waals surface area (Å²) in [5.74, 6) is 1.46. The molecule has 1 unspecified atom stereocenters. The van der Waals surface area contributed by atoms with Gasteiger partial charge in [-0.3, -0.25) is 0 Å². The van der Waals surface area contributed by atoms with E-state index in [1.54, 1.807) is 6.33 Å². The van der Waals surface area contributed by atoms with Gasteiger partial charge in [-0.15, -0.1) is 0 Å². The predicted molar refractivity (Wildman–Crippen MR) is 101 cm³/mol. The minimum Gasteiger partial charge on any atom is -0.393 e. The Morgan fingerprint density at radius 2 is 2.17 bits per heavy atom. The van der Waals surface area contributed by atoms with Crippen molar-refractivity contribution in [2.24, 2.45) is 0 Å². The number of hydrogen-bond acceptors (Lipinski definition) is 5. The van der Waals surface area contributed by atoms with Crippen molar-refractivity contribution in [3.8, 4) is 0 Å². The molecule has 128 valence electrons. The molecule has 0 aliphatic carbocycles. The summed E-state index contributed by atoms with van der Waals surface area (Å²) in [5.41, 5.74) is 8.88. The number of rotatable bonds is 4. The van der Waals surface area contributed by atoms with E-state index in [1.807, 2.05) is 25.1 Å². The lowest BCUT2D eigenvalue weighted by molar-refractivity contribution is 0.447. The molecule has 1 fully saturated rings. The van der Waals surface area contributed by atoms with Crippen LogP contribution in [-0.4, -0.2) is 22.6 Å². The van der Waals surface area contributed by atoms with Crippen molar-refractivity contribution in [3.05, 3.63) is 35.1 Å². The fraction of sp³-hybridized carbons (Fsp3) is 0.444. The van der Waals surface area contributed by atoms with Crippen LogP contribution in [0.1, 0.15) is 38.2 Å². The highest BCUT2D eigenvalue weighted by Gasteiger charge is 2.25. The molecule has 0 amide bonds. The van der Waals surface area contributed by atoms with Gasteiger partial charge in [-0.2, -0.15) is 0 Å². The Morgan fingerprint density at radius 3 is 2.96 bits per heavy atom. The van der Waals surface area contributed by atoms with Crippen molar-refractivity contribution < 1.29 is 0 Å². The fourth-order valence-corrected chi connectivity index (χ4v) is 3.46. The van der Waals surface area contributed by atoms with Crippen molar-refractivity contribution in [2.75, 3.05) is 22.5 Å². The number of nitrogen functional groups attached to an aromatic ring is 1. The van der Waals surface area contributed by atoms with E-state index in [9.17, 15) is 0 Å². The number of piperidine rings is 1. The summed E-state index contributed by atoms with van der Waals surface area (Å²) in [5, 5.41) is 4.02. The molecule has 1 aromatic heterocycles. The summed E-state index contributed by atoms with van der Waals surface area (Å²) in [6, 6.07) is 6.25. The molecule has 2 heterocycles. The number of nitrogens with zero attached hydrogens (tertiary/aromatic N) is 3. The molecule has 1 aromatic carbocycles. The third-order valence-electron chi connectivity index (χ3n) is 4.75. The molecule has 1 atom stereocenters. The van der Waals surface area contributed by atoms with Crippen LogP contribution in [0.5, 0.6) is 0 Å². The van der Waals surface area contributed by atoms with E-state index in [0.29, 0.717) is 17.5 Å². The number of anilines is 4. The number of nitrogens with one attached hydrogen (secondary N) is 1. The summed E-state index contributed by atoms with van der Waals surface area (Å²) in [4.78, 5) is 11.1. The first-order chi connectivity index (χ1) is 11.6. The van der Waals surface area contributed by atoms with Gasteiger partial charge in [0.15, 0.2) is 11.6 Å². The second kappa shape index (κ2) is 7.26. The Morgan fingerprint density at radius 1 is 1.33 bits per heavy atom. The van der Waals surface area contributed by atoms with Gasteiger partial charge in [-0.25, -0.2) is 9.97 Å². The van der Waals surface area contributed by atoms with E-state index >= 15 is 0 Å². The quantitative estimate of drug-likeness (QED) is 0.851. The van der Waals surface area contributed by atoms with Crippen molar-refractivity contribution in [2.45, 2.75) is 45.6 Å². The highest BCUT2D eigenvalue weighted by Crippen LogP contribution is 2.34. The Balaban J connectivity index is 1.92. The number of hydrogen-bond donors (Lipinski definition) is 2. The van der Waals surface area contributed by atoms with Crippen molar-refractivity contribution in [3.63, 3.8) is 0 Å². The second-order valence-corrected chi connectivity index (χ2v) is 6.66. The summed E-state index contributed by atoms with van der Waals surface area (Å²) in [6.07, 6.45) is 6.31. The average Bonchev–Trinajstić information content (AvgIpc) is 2.60. The van der Waals surface area contributed by atoms with Crippen molar-refractivity contribution in [1.82, 2.24) is 9.97 Å². The molecule has 1 aliphatic heterocycles. The van der Waals surface area contributed by atoms with Crippen LogP contribution in [0.4, 0.5) is 23.0 Å². The van der Waals surface area contributed by atoms with Gasteiger partial charge < -0.3 is 16.0 Å². The molecule has 0 radical (unpaired) electrons. The zero-order valence-corrected chi connectivity index (χ0v) is 15.0. The van der Waals surface area contributed by atoms with Gasteiger partial charge in [0.25, 0.3) is 0 Å². The Kier molecular flexibility index (Phi) is 5.09. The van der Waals surface area contributed by atoms with Gasteiger partial charge in [0.2, 0.25) is 0 Å². The second-order valence-electron chi connectivity index (χ2n) is 6.25. The van der Waals surface area contributed by atoms with Crippen LogP contribution in [-0.2, 0) is 0 Å². The molecule has 1 aliphatic rings. The van der Waals surface area contributed by atoms with E-state index in [2.05, 4.69) is 27.1 Å². The molecule has 1 saturated heterocycles. The van der Waals surface area contributed by atoms with Gasteiger partial charge in [-0.05, 0) is 50.3 Å². The molecule has 0 bridgehead atoms. The van der Waals surface area contributed by atoms with Crippen LogP contribution in [0.15, 0.2) is 24.5 Å². The maximum atomic E-state index is 6.40. The van der Waals surface area contributed by atoms with E-state index in [0.717, 1.165) is 35.1 Å². The molecule has 3 rings (SSSR count). The summed E-state index contributed by atoms with van der Waals surface area (Å²) >= 11 is 6.20. The van der Waals surface area contributed by atoms with Gasteiger partial charge in [0.05, 0.1) is 0 Å². The Bertz CT molecular complexity index is 719. The zero-order chi connectivity index (χ0) is 17.1. The van der Waals surface area contributed by atoms with Gasteiger partial charge in [0.1, 0.15) is 12.0 Å². The van der Waals surface area contributed by atoms with Crippen LogP contribution >= 0.6 is 11.6 Å². The maximum absolute atomic E-state index is 6.40. The number of aromatic nitrogens is 2. The van der Waals surface area contributed by atoms with Crippen LogP contribution in [0.25, 0.3) is 0 Å². The minimum atomic E-state index is 0.497. The van der Waals surface area contributed by atoms with Crippen LogP contribution in [0.2, 0.25) is 5.02 Å².